The molecule has 0 saturated carbocycles. The molecule has 0 N–H and O–H groups in total. The first kappa shape index (κ1) is 20.6. The Morgan fingerprint density at radius 3 is 2.18 bits per heavy atom. The molecule has 162 valence electrons. The first-order chi connectivity index (χ1) is 16.2. The highest BCUT2D eigenvalue weighted by Gasteiger charge is 2.20. The normalized spacial score (nSPS) is 10.9. The Bertz CT molecular complexity index is 1390. The van der Waals surface area contributed by atoms with Gasteiger partial charge in [0.15, 0.2) is 5.65 Å². The molecule has 0 aliphatic heterocycles. The van der Waals surface area contributed by atoms with Crippen molar-refractivity contribution in [2.24, 2.45) is 0 Å². The van der Waals surface area contributed by atoms with Gasteiger partial charge in [0.1, 0.15) is 5.56 Å². The van der Waals surface area contributed by atoms with Crippen molar-refractivity contribution in [1.82, 2.24) is 14.6 Å². The summed E-state index contributed by atoms with van der Waals surface area (Å²) in [4.78, 5) is 17.0. The van der Waals surface area contributed by atoms with E-state index in [0.29, 0.717) is 17.8 Å². The zero-order valence-electron chi connectivity index (χ0n) is 18.3. The van der Waals surface area contributed by atoms with Gasteiger partial charge in [-0.15, -0.1) is 0 Å². The smallest absolute Gasteiger partial charge is 0.343 e. The van der Waals surface area contributed by atoms with Crippen LogP contribution in [0, 0.1) is 0 Å². The summed E-state index contributed by atoms with van der Waals surface area (Å²) in [6.07, 6.45) is 4.22. The van der Waals surface area contributed by atoms with Crippen molar-refractivity contribution in [3.63, 3.8) is 0 Å². The molecule has 33 heavy (non-hydrogen) atoms. The van der Waals surface area contributed by atoms with Crippen molar-refractivity contribution in [1.29, 1.82) is 0 Å². The van der Waals surface area contributed by atoms with Gasteiger partial charge in [0.05, 0.1) is 18.5 Å². The lowest BCUT2D eigenvalue weighted by molar-refractivity contribution is 0.0528. The quantitative estimate of drug-likeness (QED) is 0.316. The second kappa shape index (κ2) is 9.09. The van der Waals surface area contributed by atoms with Crippen LogP contribution in [0.15, 0.2) is 97.3 Å². The van der Waals surface area contributed by atoms with Crippen LogP contribution < -0.4 is 0 Å². The fourth-order valence-corrected chi connectivity index (χ4v) is 4.00. The van der Waals surface area contributed by atoms with E-state index < -0.39 is 5.97 Å². The van der Waals surface area contributed by atoms with Gasteiger partial charge in [0.25, 0.3) is 0 Å². The monoisotopic (exact) mass is 433 g/mol. The van der Waals surface area contributed by atoms with Crippen molar-refractivity contribution >= 4 is 11.6 Å². The van der Waals surface area contributed by atoms with Crippen LogP contribution in [0.3, 0.4) is 0 Å². The third-order valence-corrected chi connectivity index (χ3v) is 5.59. The molecule has 0 spiro atoms. The summed E-state index contributed by atoms with van der Waals surface area (Å²) in [6.45, 7) is 2.08. The summed E-state index contributed by atoms with van der Waals surface area (Å²) in [6, 6.07) is 29.0. The maximum atomic E-state index is 12.4. The number of fused-ring (bicyclic) bond motifs is 1. The van der Waals surface area contributed by atoms with Crippen LogP contribution in [0.5, 0.6) is 0 Å². The molecule has 0 unspecified atom stereocenters. The fraction of sp³-hybridized carbons (Fsp3) is 0.107. The second-order valence-corrected chi connectivity index (χ2v) is 7.76. The average Bonchev–Trinajstić information content (AvgIpc) is 3.30. The van der Waals surface area contributed by atoms with Crippen LogP contribution in [-0.4, -0.2) is 27.2 Å². The summed E-state index contributed by atoms with van der Waals surface area (Å²) in [5.41, 5.74) is 7.21. The highest BCUT2D eigenvalue weighted by Crippen LogP contribution is 2.33. The molecule has 0 bridgehead atoms. The van der Waals surface area contributed by atoms with Crippen LogP contribution in [-0.2, 0) is 11.2 Å². The predicted molar refractivity (Wildman–Crippen MR) is 129 cm³/mol. The number of esters is 1. The van der Waals surface area contributed by atoms with E-state index in [9.17, 15) is 4.79 Å². The van der Waals surface area contributed by atoms with Crippen molar-refractivity contribution in [2.45, 2.75) is 13.3 Å². The highest BCUT2D eigenvalue weighted by atomic mass is 16.5. The lowest BCUT2D eigenvalue weighted by Gasteiger charge is -2.13. The van der Waals surface area contributed by atoms with E-state index >= 15 is 0 Å². The molecule has 5 rings (SSSR count). The molecule has 0 saturated heterocycles. The molecule has 3 aromatic carbocycles. The number of carbonyl (C=O) groups excluding carboxylic acids is 1. The third kappa shape index (κ3) is 4.13. The molecule has 2 aromatic heterocycles. The number of nitrogens with zero attached hydrogens (tertiary/aromatic N) is 3. The Balaban J connectivity index is 1.60. The molecule has 2 heterocycles. The largest absolute Gasteiger partial charge is 0.462 e. The molecule has 0 radical (unpaired) electrons. The van der Waals surface area contributed by atoms with Crippen LogP contribution in [0.1, 0.15) is 28.4 Å². The predicted octanol–water partition coefficient (Wildman–Crippen LogP) is 5.83. The Hall–Kier alpha value is -4.25. The minimum absolute atomic E-state index is 0.301. The van der Waals surface area contributed by atoms with Gasteiger partial charge in [-0.05, 0) is 30.0 Å². The summed E-state index contributed by atoms with van der Waals surface area (Å²) in [5.74, 6) is -0.419. The topological polar surface area (TPSA) is 56.5 Å². The van der Waals surface area contributed by atoms with E-state index in [1.807, 2.05) is 42.6 Å². The molecule has 5 heteroatoms. The maximum Gasteiger partial charge on any atom is 0.343 e. The Morgan fingerprint density at radius 2 is 1.48 bits per heavy atom. The van der Waals surface area contributed by atoms with E-state index in [4.69, 9.17) is 4.74 Å². The highest BCUT2D eigenvalue weighted by molar-refractivity contribution is 5.96. The first-order valence-corrected chi connectivity index (χ1v) is 11.0. The van der Waals surface area contributed by atoms with E-state index in [2.05, 4.69) is 58.6 Å². The SMILES string of the molecule is CCOC(=O)c1cnn2c(-c3ccccc3)c(-c3ccc(Cc4ccccc4)cc3)cnc12. The molecule has 0 aliphatic rings. The third-order valence-electron chi connectivity index (χ3n) is 5.59. The van der Waals surface area contributed by atoms with E-state index in [1.54, 1.807) is 11.4 Å². The maximum absolute atomic E-state index is 12.4. The molecule has 5 nitrogen and oxygen atoms in total. The summed E-state index contributed by atoms with van der Waals surface area (Å²) in [5, 5.41) is 4.51. The molecular formula is C28H23N3O2. The number of ether oxygens (including phenoxy) is 1. The van der Waals surface area contributed by atoms with Gasteiger partial charge < -0.3 is 4.74 Å². The Labute approximate surface area is 192 Å². The van der Waals surface area contributed by atoms with E-state index in [1.165, 1.54) is 17.3 Å². The van der Waals surface area contributed by atoms with Crippen molar-refractivity contribution in [2.75, 3.05) is 6.61 Å². The molecular weight excluding hydrogens is 410 g/mol. The van der Waals surface area contributed by atoms with Gasteiger partial charge in [-0.25, -0.2) is 14.3 Å². The van der Waals surface area contributed by atoms with Crippen molar-refractivity contribution < 1.29 is 9.53 Å². The summed E-state index contributed by atoms with van der Waals surface area (Å²) < 4.78 is 6.92. The Morgan fingerprint density at radius 1 is 0.818 bits per heavy atom. The number of aromatic nitrogens is 3. The first-order valence-electron chi connectivity index (χ1n) is 11.0. The molecule has 0 fully saturated rings. The Kier molecular flexibility index (Phi) is 5.68. The van der Waals surface area contributed by atoms with E-state index in [-0.39, 0.29) is 0 Å². The zero-order valence-corrected chi connectivity index (χ0v) is 18.3. The summed E-state index contributed by atoms with van der Waals surface area (Å²) >= 11 is 0. The van der Waals surface area contributed by atoms with Gasteiger partial charge >= 0.3 is 5.97 Å². The molecule has 0 atom stereocenters. The van der Waals surface area contributed by atoms with Gasteiger partial charge in [-0.3, -0.25) is 0 Å². The number of hydrogen-bond acceptors (Lipinski definition) is 4. The number of carbonyl (C=O) groups is 1. The number of benzene rings is 3. The number of rotatable bonds is 6. The van der Waals surface area contributed by atoms with Crippen molar-refractivity contribution in [3.8, 4) is 22.4 Å². The van der Waals surface area contributed by atoms with E-state index in [0.717, 1.165) is 28.8 Å². The molecule has 0 aliphatic carbocycles. The van der Waals surface area contributed by atoms with Crippen LogP contribution >= 0.6 is 0 Å². The molecule has 0 amide bonds. The summed E-state index contributed by atoms with van der Waals surface area (Å²) in [7, 11) is 0. The minimum atomic E-state index is -0.419. The number of hydrogen-bond donors (Lipinski definition) is 0. The van der Waals surface area contributed by atoms with Gasteiger partial charge in [-0.1, -0.05) is 84.9 Å². The van der Waals surface area contributed by atoms with Gasteiger partial charge in [0.2, 0.25) is 0 Å². The van der Waals surface area contributed by atoms with Gasteiger partial charge in [-0.2, -0.15) is 5.10 Å². The zero-order chi connectivity index (χ0) is 22.6. The van der Waals surface area contributed by atoms with Crippen LogP contribution in [0.25, 0.3) is 28.0 Å². The average molecular weight is 434 g/mol. The van der Waals surface area contributed by atoms with Crippen molar-refractivity contribution in [3.05, 3.63) is 114 Å². The molecule has 5 aromatic rings. The lowest BCUT2D eigenvalue weighted by Crippen LogP contribution is -2.06. The van der Waals surface area contributed by atoms with Gasteiger partial charge in [0, 0.05) is 17.3 Å². The standard InChI is InChI=1S/C28H23N3O2/c1-2-33-28(32)25-19-30-31-26(23-11-7-4-8-12-23)24(18-29-27(25)31)22-15-13-21(14-16-22)17-20-9-5-3-6-10-20/h3-16,18-19H,2,17H2,1H3. The lowest BCUT2D eigenvalue weighted by atomic mass is 9.98. The minimum Gasteiger partial charge on any atom is -0.462 e. The van der Waals surface area contributed by atoms with Crippen LogP contribution in [0.2, 0.25) is 0 Å². The second-order valence-electron chi connectivity index (χ2n) is 7.76. The fourth-order valence-electron chi connectivity index (χ4n) is 4.00. The van der Waals surface area contributed by atoms with Crippen LogP contribution in [0.4, 0.5) is 0 Å².